The highest BCUT2D eigenvalue weighted by molar-refractivity contribution is 7.91. The van der Waals surface area contributed by atoms with Gasteiger partial charge in [0.25, 0.3) is 10.0 Å². The molecule has 3 aromatic rings. The summed E-state index contributed by atoms with van der Waals surface area (Å²) in [6.07, 6.45) is 4.28. The van der Waals surface area contributed by atoms with Crippen LogP contribution in [0.1, 0.15) is 24.8 Å². The van der Waals surface area contributed by atoms with E-state index in [9.17, 15) is 13.2 Å². The average molecular weight is 502 g/mol. The largest absolute Gasteiger partial charge is 0.497 e. The molecule has 2 aliphatic rings. The quantitative estimate of drug-likeness (QED) is 0.512. The van der Waals surface area contributed by atoms with Gasteiger partial charge in [-0.1, -0.05) is 17.3 Å². The molecule has 10 heteroatoms. The molecule has 2 saturated heterocycles. The molecule has 0 aliphatic carbocycles. The van der Waals surface area contributed by atoms with Crippen molar-refractivity contribution in [2.24, 2.45) is 5.41 Å². The molecular formula is C24H27N3O5S2. The first-order chi connectivity index (χ1) is 16.4. The number of piperidine rings is 1. The topological polar surface area (TPSA) is 93.0 Å². The van der Waals surface area contributed by atoms with Gasteiger partial charge in [-0.15, -0.1) is 11.3 Å². The number of aromatic nitrogens is 1. The van der Waals surface area contributed by atoms with E-state index in [0.717, 1.165) is 35.5 Å². The Bertz CT molecular complexity index is 1260. The molecule has 0 N–H and O–H groups in total. The first kappa shape index (κ1) is 23.1. The van der Waals surface area contributed by atoms with Crippen LogP contribution in [-0.4, -0.2) is 62.0 Å². The molecule has 8 nitrogen and oxygen atoms in total. The summed E-state index contributed by atoms with van der Waals surface area (Å²) < 4.78 is 38.6. The summed E-state index contributed by atoms with van der Waals surface area (Å²) in [7, 11) is -1.95. The Kier molecular flexibility index (Phi) is 6.22. The van der Waals surface area contributed by atoms with E-state index in [1.807, 2.05) is 29.2 Å². The number of methoxy groups -OCH3 is 1. The minimum atomic E-state index is -3.56. The highest BCUT2D eigenvalue weighted by atomic mass is 32.2. The standard InChI is InChI=1S/C24H27N3O5S2/c1-31-19-4-2-3-18(15-19)16-22(28)26-11-8-24(9-12-26)10-13-27(17-24)34(29,30)23-6-5-21(33-23)20-7-14-32-25-20/h2-7,14-15H,8-13,16-17H2,1H3. The number of benzene rings is 1. The van der Waals surface area contributed by atoms with Gasteiger partial charge in [0.1, 0.15) is 21.9 Å². The molecule has 0 unspecified atom stereocenters. The summed E-state index contributed by atoms with van der Waals surface area (Å²) in [5.41, 5.74) is 1.51. The molecule has 5 rings (SSSR count). The van der Waals surface area contributed by atoms with Crippen molar-refractivity contribution in [3.63, 3.8) is 0 Å². The third-order valence-electron chi connectivity index (χ3n) is 6.94. The van der Waals surface area contributed by atoms with Crippen LogP contribution in [0.2, 0.25) is 0 Å². The number of rotatable bonds is 6. The molecule has 0 radical (unpaired) electrons. The van der Waals surface area contributed by atoms with Crippen molar-refractivity contribution in [3.8, 4) is 16.3 Å². The Morgan fingerprint density at radius 1 is 1.15 bits per heavy atom. The van der Waals surface area contributed by atoms with E-state index in [-0.39, 0.29) is 11.3 Å². The molecular weight excluding hydrogens is 474 g/mol. The van der Waals surface area contributed by atoms with Crippen molar-refractivity contribution in [1.29, 1.82) is 0 Å². The first-order valence-electron chi connectivity index (χ1n) is 11.3. The molecule has 1 spiro atoms. The zero-order valence-corrected chi connectivity index (χ0v) is 20.6. The minimum absolute atomic E-state index is 0.0635. The molecule has 0 atom stereocenters. The number of thiophene rings is 1. The minimum Gasteiger partial charge on any atom is -0.497 e. The van der Waals surface area contributed by atoms with E-state index in [4.69, 9.17) is 9.26 Å². The molecule has 2 aliphatic heterocycles. The lowest BCUT2D eigenvalue weighted by Crippen LogP contribution is -2.45. The summed E-state index contributed by atoms with van der Waals surface area (Å²) in [6, 6.07) is 12.7. The van der Waals surface area contributed by atoms with Gasteiger partial charge in [-0.25, -0.2) is 8.42 Å². The summed E-state index contributed by atoms with van der Waals surface area (Å²) in [4.78, 5) is 15.5. The zero-order chi connectivity index (χ0) is 23.8. The number of ether oxygens (including phenoxy) is 1. The predicted octanol–water partition coefficient (Wildman–Crippen LogP) is 3.66. The van der Waals surface area contributed by atoms with Crippen LogP contribution in [0.15, 0.2) is 57.5 Å². The highest BCUT2D eigenvalue weighted by Crippen LogP contribution is 2.43. The van der Waals surface area contributed by atoms with Crippen LogP contribution in [0.3, 0.4) is 0 Å². The number of sulfonamides is 1. The maximum Gasteiger partial charge on any atom is 0.252 e. The van der Waals surface area contributed by atoms with E-state index in [1.165, 1.54) is 17.6 Å². The second-order valence-electron chi connectivity index (χ2n) is 9.00. The van der Waals surface area contributed by atoms with Gasteiger partial charge in [0, 0.05) is 32.2 Å². The number of nitrogens with zero attached hydrogens (tertiary/aromatic N) is 3. The second kappa shape index (κ2) is 9.16. The Labute approximate surface area is 203 Å². The third kappa shape index (κ3) is 4.49. The van der Waals surface area contributed by atoms with Gasteiger partial charge in [0.15, 0.2) is 0 Å². The fourth-order valence-corrected chi connectivity index (χ4v) is 7.85. The summed E-state index contributed by atoms with van der Waals surface area (Å²) in [5.74, 6) is 0.846. The second-order valence-corrected chi connectivity index (χ2v) is 12.2. The summed E-state index contributed by atoms with van der Waals surface area (Å²) in [5, 5.41) is 3.89. The molecule has 1 amide bonds. The van der Waals surface area contributed by atoms with Crippen LogP contribution in [0.4, 0.5) is 0 Å². The smallest absolute Gasteiger partial charge is 0.252 e. The normalized spacial score (nSPS) is 18.4. The Morgan fingerprint density at radius 2 is 1.94 bits per heavy atom. The SMILES string of the molecule is COc1cccc(CC(=O)N2CCC3(CC2)CCN(S(=O)(=O)c2ccc(-c4ccon4)s2)C3)c1. The molecule has 0 bridgehead atoms. The van der Waals surface area contributed by atoms with E-state index in [0.29, 0.717) is 42.5 Å². The zero-order valence-electron chi connectivity index (χ0n) is 19.0. The molecule has 1 aromatic carbocycles. The fraction of sp³-hybridized carbons (Fsp3) is 0.417. The Morgan fingerprint density at radius 3 is 2.68 bits per heavy atom. The lowest BCUT2D eigenvalue weighted by molar-refractivity contribution is -0.132. The first-order valence-corrected chi connectivity index (χ1v) is 13.6. The van der Waals surface area contributed by atoms with Crippen molar-refractivity contribution in [2.45, 2.75) is 29.9 Å². The van der Waals surface area contributed by atoms with Crippen molar-refractivity contribution in [2.75, 3.05) is 33.3 Å². The predicted molar refractivity (Wildman–Crippen MR) is 128 cm³/mol. The van der Waals surface area contributed by atoms with Gasteiger partial charge in [-0.3, -0.25) is 4.79 Å². The molecule has 2 aromatic heterocycles. The Balaban J connectivity index is 1.20. The van der Waals surface area contributed by atoms with E-state index < -0.39 is 10.0 Å². The summed E-state index contributed by atoms with van der Waals surface area (Å²) >= 11 is 1.21. The number of hydrogen-bond donors (Lipinski definition) is 0. The molecule has 4 heterocycles. The Hall–Kier alpha value is -2.69. The average Bonchev–Trinajstić information content (AvgIpc) is 3.61. The maximum absolute atomic E-state index is 13.3. The number of carbonyl (C=O) groups is 1. The van der Waals surface area contributed by atoms with Crippen LogP contribution in [-0.2, 0) is 21.2 Å². The maximum atomic E-state index is 13.3. The van der Waals surface area contributed by atoms with Crippen LogP contribution < -0.4 is 4.74 Å². The van der Waals surface area contributed by atoms with Gasteiger partial charge < -0.3 is 14.2 Å². The van der Waals surface area contributed by atoms with Crippen LogP contribution in [0.5, 0.6) is 5.75 Å². The van der Waals surface area contributed by atoms with Gasteiger partial charge in [-0.05, 0) is 54.5 Å². The van der Waals surface area contributed by atoms with E-state index in [2.05, 4.69) is 5.16 Å². The van der Waals surface area contributed by atoms with Gasteiger partial charge in [0.05, 0.1) is 18.4 Å². The van der Waals surface area contributed by atoms with Crippen LogP contribution >= 0.6 is 11.3 Å². The van der Waals surface area contributed by atoms with Gasteiger partial charge in [0.2, 0.25) is 5.91 Å². The van der Waals surface area contributed by atoms with Crippen molar-refractivity contribution < 1.29 is 22.5 Å². The number of amides is 1. The monoisotopic (exact) mass is 501 g/mol. The number of likely N-dealkylation sites (tertiary alicyclic amines) is 1. The fourth-order valence-electron chi connectivity index (χ4n) is 4.87. The highest BCUT2D eigenvalue weighted by Gasteiger charge is 2.45. The molecule has 34 heavy (non-hydrogen) atoms. The molecule has 180 valence electrons. The number of carbonyl (C=O) groups excluding carboxylic acids is 1. The van der Waals surface area contributed by atoms with Crippen molar-refractivity contribution in [1.82, 2.24) is 14.4 Å². The van der Waals surface area contributed by atoms with Gasteiger partial charge in [-0.2, -0.15) is 4.31 Å². The van der Waals surface area contributed by atoms with Crippen LogP contribution in [0.25, 0.3) is 10.6 Å². The molecule has 0 saturated carbocycles. The summed E-state index contributed by atoms with van der Waals surface area (Å²) in [6.45, 7) is 2.33. The van der Waals surface area contributed by atoms with Crippen LogP contribution in [0, 0.1) is 5.41 Å². The lowest BCUT2D eigenvalue weighted by atomic mass is 9.78. The van der Waals surface area contributed by atoms with E-state index >= 15 is 0 Å². The van der Waals surface area contributed by atoms with Crippen molar-refractivity contribution >= 4 is 27.3 Å². The van der Waals surface area contributed by atoms with E-state index in [1.54, 1.807) is 29.6 Å². The van der Waals surface area contributed by atoms with Crippen molar-refractivity contribution in [3.05, 3.63) is 54.3 Å². The molecule has 2 fully saturated rings. The lowest BCUT2D eigenvalue weighted by Gasteiger charge is -2.39. The van der Waals surface area contributed by atoms with Gasteiger partial charge >= 0.3 is 0 Å². The number of hydrogen-bond acceptors (Lipinski definition) is 7. The third-order valence-corrected chi connectivity index (χ3v) is 10.4.